The van der Waals surface area contributed by atoms with Gasteiger partial charge in [0.25, 0.3) is 0 Å². The van der Waals surface area contributed by atoms with Gasteiger partial charge in [-0.25, -0.2) is 0 Å². The number of carbonyl (C=O) groups is 1. The van der Waals surface area contributed by atoms with Crippen LogP contribution in [0.3, 0.4) is 0 Å². The number of nitrogens with two attached hydrogens (primary N) is 1. The number of halogens is 4. The Labute approximate surface area is 180 Å². The number of anilines is 1. The van der Waals surface area contributed by atoms with Crippen molar-refractivity contribution in [2.75, 3.05) is 44.2 Å². The minimum atomic E-state index is -0.803. The Hall–Kier alpha value is -0.430. The molecule has 2 rings (SSSR count). The minimum absolute atomic E-state index is 0. The normalized spacial score (nSPS) is 14.5. The van der Waals surface area contributed by atoms with Crippen LogP contribution in [0.15, 0.2) is 24.3 Å². The first-order valence-electron chi connectivity index (χ1n) is 8.16. The number of nitrogens with one attached hydrogen (secondary N) is 1. The van der Waals surface area contributed by atoms with Gasteiger partial charge in [-0.2, -0.15) is 0 Å². The van der Waals surface area contributed by atoms with Gasteiger partial charge < -0.3 is 16.0 Å². The number of benzene rings is 1. The van der Waals surface area contributed by atoms with Crippen LogP contribution in [0.4, 0.5) is 5.69 Å². The van der Waals surface area contributed by atoms with Crippen LogP contribution >= 0.6 is 48.8 Å². The number of amides is 1. The predicted octanol–water partition coefficient (Wildman–Crippen LogP) is 2.97. The maximum atomic E-state index is 11.7. The van der Waals surface area contributed by atoms with E-state index in [1.807, 2.05) is 18.2 Å². The first-order chi connectivity index (χ1) is 10.9. The molecule has 1 amide bonds. The smallest absolute Gasteiger partial charge is 0.239 e. The standard InChI is InChI=1S/C17H27ClN4O.3ClH/c1-17(2,19)16(23)20-7-4-8-21-9-11-22(12-10-21)15-6-3-5-14(18)13-15;;;/h3,5-6,13H,4,7-12,19H2,1-2H3,(H,20,23);3*1H. The van der Waals surface area contributed by atoms with Crippen molar-refractivity contribution < 1.29 is 4.79 Å². The number of carbonyl (C=O) groups excluding carboxylic acids is 1. The van der Waals surface area contributed by atoms with Gasteiger partial charge in [0.1, 0.15) is 0 Å². The summed E-state index contributed by atoms with van der Waals surface area (Å²) < 4.78 is 0. The summed E-state index contributed by atoms with van der Waals surface area (Å²) in [6.45, 7) is 9.17. The molecule has 1 heterocycles. The molecule has 0 bridgehead atoms. The van der Waals surface area contributed by atoms with Crippen molar-refractivity contribution in [2.24, 2.45) is 5.73 Å². The zero-order chi connectivity index (χ0) is 16.9. The third kappa shape index (κ3) is 8.98. The molecular weight excluding hydrogens is 418 g/mol. The third-order valence-corrected chi connectivity index (χ3v) is 4.30. The Kier molecular flexibility index (Phi) is 13.8. The van der Waals surface area contributed by atoms with Crippen molar-refractivity contribution in [1.29, 1.82) is 0 Å². The van der Waals surface area contributed by atoms with Gasteiger partial charge in [0, 0.05) is 43.4 Å². The molecule has 0 aromatic heterocycles. The molecule has 1 saturated heterocycles. The second-order valence-corrected chi connectivity index (χ2v) is 7.08. The third-order valence-electron chi connectivity index (χ3n) is 4.07. The van der Waals surface area contributed by atoms with Crippen molar-refractivity contribution in [3.8, 4) is 0 Å². The molecule has 0 saturated carbocycles. The zero-order valence-corrected chi connectivity index (χ0v) is 18.4. The first-order valence-corrected chi connectivity index (χ1v) is 8.54. The average molecular weight is 448 g/mol. The van der Waals surface area contributed by atoms with E-state index >= 15 is 0 Å². The zero-order valence-electron chi connectivity index (χ0n) is 15.2. The molecule has 9 heteroatoms. The van der Waals surface area contributed by atoms with Crippen LogP contribution in [-0.4, -0.2) is 55.6 Å². The lowest BCUT2D eigenvalue weighted by atomic mass is 10.1. The van der Waals surface area contributed by atoms with Crippen molar-refractivity contribution in [2.45, 2.75) is 25.8 Å². The number of piperazine rings is 1. The van der Waals surface area contributed by atoms with E-state index in [1.54, 1.807) is 13.8 Å². The quantitative estimate of drug-likeness (QED) is 0.658. The molecule has 1 fully saturated rings. The summed E-state index contributed by atoms with van der Waals surface area (Å²) in [7, 11) is 0. The second-order valence-electron chi connectivity index (χ2n) is 6.64. The fourth-order valence-electron chi connectivity index (χ4n) is 2.63. The Morgan fingerprint density at radius 3 is 2.35 bits per heavy atom. The van der Waals surface area contributed by atoms with Crippen LogP contribution < -0.4 is 16.0 Å². The lowest BCUT2D eigenvalue weighted by molar-refractivity contribution is -0.125. The maximum absolute atomic E-state index is 11.7. The topological polar surface area (TPSA) is 61.6 Å². The first kappa shape index (κ1) is 27.8. The van der Waals surface area contributed by atoms with Crippen molar-refractivity contribution >= 4 is 60.4 Å². The highest BCUT2D eigenvalue weighted by atomic mass is 35.5. The summed E-state index contributed by atoms with van der Waals surface area (Å²) in [5, 5.41) is 3.67. The molecule has 152 valence electrons. The molecule has 1 aliphatic rings. The molecule has 0 aliphatic carbocycles. The van der Waals surface area contributed by atoms with Gasteiger partial charge in [0.2, 0.25) is 5.91 Å². The fraction of sp³-hybridized carbons (Fsp3) is 0.588. The molecule has 5 nitrogen and oxygen atoms in total. The molecule has 0 unspecified atom stereocenters. The Balaban J connectivity index is 0. The highest BCUT2D eigenvalue weighted by Gasteiger charge is 2.21. The minimum Gasteiger partial charge on any atom is -0.369 e. The van der Waals surface area contributed by atoms with E-state index in [4.69, 9.17) is 17.3 Å². The highest BCUT2D eigenvalue weighted by molar-refractivity contribution is 6.30. The Morgan fingerprint density at radius 1 is 1.19 bits per heavy atom. The van der Waals surface area contributed by atoms with Crippen molar-refractivity contribution in [3.05, 3.63) is 29.3 Å². The van der Waals surface area contributed by atoms with Gasteiger partial charge in [-0.3, -0.25) is 9.69 Å². The molecule has 0 atom stereocenters. The van der Waals surface area contributed by atoms with Crippen LogP contribution in [0.5, 0.6) is 0 Å². The van der Waals surface area contributed by atoms with Crippen LogP contribution in [0.25, 0.3) is 0 Å². The van der Waals surface area contributed by atoms with Gasteiger partial charge >= 0.3 is 0 Å². The molecule has 0 radical (unpaired) electrons. The summed E-state index contributed by atoms with van der Waals surface area (Å²) in [5.41, 5.74) is 6.13. The molecular formula is C17H30Cl4N4O. The highest BCUT2D eigenvalue weighted by Crippen LogP contribution is 2.20. The van der Waals surface area contributed by atoms with E-state index in [1.165, 1.54) is 5.69 Å². The Bertz CT molecular complexity index is 532. The van der Waals surface area contributed by atoms with Crippen LogP contribution in [0.1, 0.15) is 20.3 Å². The Morgan fingerprint density at radius 2 is 1.81 bits per heavy atom. The lowest BCUT2D eigenvalue weighted by Crippen LogP contribution is -2.50. The lowest BCUT2D eigenvalue weighted by Gasteiger charge is -2.36. The van der Waals surface area contributed by atoms with E-state index in [9.17, 15) is 4.79 Å². The maximum Gasteiger partial charge on any atom is 0.239 e. The molecule has 1 aromatic carbocycles. The van der Waals surface area contributed by atoms with Crippen molar-refractivity contribution in [3.63, 3.8) is 0 Å². The van der Waals surface area contributed by atoms with Crippen LogP contribution in [0.2, 0.25) is 5.02 Å². The summed E-state index contributed by atoms with van der Waals surface area (Å²) >= 11 is 6.05. The van der Waals surface area contributed by atoms with Gasteiger partial charge in [-0.05, 0) is 45.0 Å². The van der Waals surface area contributed by atoms with E-state index < -0.39 is 5.54 Å². The fourth-order valence-corrected chi connectivity index (χ4v) is 2.82. The number of rotatable bonds is 6. The molecule has 26 heavy (non-hydrogen) atoms. The monoisotopic (exact) mass is 446 g/mol. The molecule has 1 aromatic rings. The van der Waals surface area contributed by atoms with E-state index in [-0.39, 0.29) is 43.1 Å². The van der Waals surface area contributed by atoms with Crippen LogP contribution in [-0.2, 0) is 4.79 Å². The van der Waals surface area contributed by atoms with Crippen LogP contribution in [0, 0.1) is 0 Å². The number of hydrogen-bond donors (Lipinski definition) is 2. The largest absolute Gasteiger partial charge is 0.369 e. The average Bonchev–Trinajstić information content (AvgIpc) is 2.51. The van der Waals surface area contributed by atoms with Gasteiger partial charge in [0.15, 0.2) is 0 Å². The summed E-state index contributed by atoms with van der Waals surface area (Å²) in [6, 6.07) is 8.01. The number of hydrogen-bond acceptors (Lipinski definition) is 4. The molecule has 3 N–H and O–H groups in total. The summed E-state index contributed by atoms with van der Waals surface area (Å²) in [5.74, 6) is -0.0942. The second kappa shape index (κ2) is 12.9. The number of nitrogens with zero attached hydrogens (tertiary/aromatic N) is 2. The summed E-state index contributed by atoms with van der Waals surface area (Å²) in [4.78, 5) is 16.5. The van der Waals surface area contributed by atoms with E-state index in [0.717, 1.165) is 44.2 Å². The van der Waals surface area contributed by atoms with Gasteiger partial charge in [-0.15, -0.1) is 37.2 Å². The van der Waals surface area contributed by atoms with Gasteiger partial charge in [-0.1, -0.05) is 17.7 Å². The molecule has 1 aliphatic heterocycles. The molecule has 0 spiro atoms. The van der Waals surface area contributed by atoms with Gasteiger partial charge in [0.05, 0.1) is 5.54 Å². The summed E-state index contributed by atoms with van der Waals surface area (Å²) in [6.07, 6.45) is 0.943. The van der Waals surface area contributed by atoms with E-state index in [0.29, 0.717) is 6.54 Å². The van der Waals surface area contributed by atoms with Crippen molar-refractivity contribution in [1.82, 2.24) is 10.2 Å². The predicted molar refractivity (Wildman–Crippen MR) is 118 cm³/mol. The van der Waals surface area contributed by atoms with E-state index in [2.05, 4.69) is 21.2 Å². The SMILES string of the molecule is CC(C)(N)C(=O)NCCCN1CCN(c2cccc(Cl)c2)CC1.Cl.Cl.Cl.